The number of hydrogen-bond donors (Lipinski definition) is 0. The monoisotopic (exact) mass is 376 g/mol. The largest absolute Gasteiger partial charge is 0.493 e. The van der Waals surface area contributed by atoms with Crippen LogP contribution in [0.15, 0.2) is 42.5 Å². The lowest BCUT2D eigenvalue weighted by Crippen LogP contribution is -2.45. The molecule has 148 valence electrons. The van der Waals surface area contributed by atoms with Crippen molar-refractivity contribution in [3.8, 4) is 28.7 Å². The molecule has 0 spiro atoms. The molecule has 0 aliphatic carbocycles. The molecule has 0 aromatic heterocycles. The van der Waals surface area contributed by atoms with E-state index in [0.29, 0.717) is 30.5 Å². The first kappa shape index (κ1) is 20.7. The van der Waals surface area contributed by atoms with Crippen LogP contribution >= 0.6 is 0 Å². The molecule has 0 N–H and O–H groups in total. The second-order valence-corrected chi connectivity index (χ2v) is 6.72. The van der Waals surface area contributed by atoms with Crippen molar-refractivity contribution in [3.05, 3.63) is 42.5 Å². The van der Waals surface area contributed by atoms with Crippen LogP contribution < -0.4 is 23.7 Å². The predicted molar refractivity (Wildman–Crippen MR) is 105 cm³/mol. The Bertz CT molecular complexity index is 695. The van der Waals surface area contributed by atoms with Crippen molar-refractivity contribution in [1.82, 2.24) is 0 Å². The molecule has 0 atom stereocenters. The molecule has 0 unspecified atom stereocenters. The van der Waals surface area contributed by atoms with E-state index in [1.165, 1.54) is 0 Å². The average Bonchev–Trinajstić information content (AvgIpc) is 2.68. The topological polar surface area (TPSA) is 46.2 Å². The van der Waals surface area contributed by atoms with Gasteiger partial charge in [-0.1, -0.05) is 18.2 Å². The molecular formula is C21H30NO5+. The van der Waals surface area contributed by atoms with E-state index in [2.05, 4.69) is 14.1 Å². The number of nitrogens with zero attached hydrogens (tertiary/aromatic N) is 1. The smallest absolute Gasteiger partial charge is 0.203 e. The molecule has 0 heterocycles. The van der Waals surface area contributed by atoms with Gasteiger partial charge in [0, 0.05) is 0 Å². The third-order valence-corrected chi connectivity index (χ3v) is 4.35. The lowest BCUT2D eigenvalue weighted by molar-refractivity contribution is -0.890. The van der Waals surface area contributed by atoms with Gasteiger partial charge >= 0.3 is 0 Å². The summed E-state index contributed by atoms with van der Waals surface area (Å²) in [6.45, 7) is 2.78. The van der Waals surface area contributed by atoms with Crippen LogP contribution in [0.2, 0.25) is 0 Å². The Morgan fingerprint density at radius 3 is 1.67 bits per heavy atom. The summed E-state index contributed by atoms with van der Waals surface area (Å²) in [5.41, 5.74) is 0. The van der Waals surface area contributed by atoms with Gasteiger partial charge in [0.15, 0.2) is 23.0 Å². The lowest BCUT2D eigenvalue weighted by atomic mass is 10.3. The van der Waals surface area contributed by atoms with Crippen molar-refractivity contribution < 1.29 is 28.2 Å². The Labute approximate surface area is 161 Å². The molecule has 2 rings (SSSR count). The van der Waals surface area contributed by atoms with Gasteiger partial charge < -0.3 is 28.2 Å². The van der Waals surface area contributed by atoms with E-state index in [1.807, 2.05) is 42.5 Å². The van der Waals surface area contributed by atoms with Crippen molar-refractivity contribution in [2.24, 2.45) is 0 Å². The first-order valence-corrected chi connectivity index (χ1v) is 8.92. The first-order chi connectivity index (χ1) is 13.0. The summed E-state index contributed by atoms with van der Waals surface area (Å²) in [7, 11) is 9.18. The van der Waals surface area contributed by atoms with Crippen molar-refractivity contribution >= 4 is 0 Å². The highest BCUT2D eigenvalue weighted by molar-refractivity contribution is 5.51. The molecule has 0 aliphatic rings. The fourth-order valence-electron chi connectivity index (χ4n) is 2.61. The standard InChI is InChI=1S/C21H30NO5/c1-22(2,13-15-26-18-10-7-6-9-17(18)23-3)14-16-27-21-19(24-4)11-8-12-20(21)25-5/h6-12H,13-16H2,1-5H3/q+1. The third-order valence-electron chi connectivity index (χ3n) is 4.35. The maximum absolute atomic E-state index is 5.96. The summed E-state index contributed by atoms with van der Waals surface area (Å²) in [6.07, 6.45) is 0. The summed E-state index contributed by atoms with van der Waals surface area (Å²) in [5.74, 6) is 3.47. The fraction of sp³-hybridized carbons (Fsp3) is 0.429. The fourth-order valence-corrected chi connectivity index (χ4v) is 2.61. The van der Waals surface area contributed by atoms with Crippen molar-refractivity contribution in [1.29, 1.82) is 0 Å². The van der Waals surface area contributed by atoms with Gasteiger partial charge in [-0.3, -0.25) is 0 Å². The molecule has 0 radical (unpaired) electrons. The average molecular weight is 376 g/mol. The minimum absolute atomic E-state index is 0.540. The van der Waals surface area contributed by atoms with Crippen LogP contribution in [0.25, 0.3) is 0 Å². The van der Waals surface area contributed by atoms with E-state index in [4.69, 9.17) is 23.7 Å². The van der Waals surface area contributed by atoms with Crippen LogP contribution in [-0.2, 0) is 0 Å². The van der Waals surface area contributed by atoms with Gasteiger partial charge in [-0.2, -0.15) is 0 Å². The summed E-state index contributed by atoms with van der Waals surface area (Å²) in [6, 6.07) is 13.3. The Morgan fingerprint density at radius 2 is 1.11 bits per heavy atom. The summed E-state index contributed by atoms with van der Waals surface area (Å²) >= 11 is 0. The zero-order chi connectivity index (χ0) is 19.7. The predicted octanol–water partition coefficient (Wildman–Crippen LogP) is 3.25. The first-order valence-electron chi connectivity index (χ1n) is 8.92. The molecule has 27 heavy (non-hydrogen) atoms. The normalized spacial score (nSPS) is 11.0. The van der Waals surface area contributed by atoms with E-state index in [0.717, 1.165) is 29.1 Å². The third kappa shape index (κ3) is 5.96. The molecule has 0 saturated carbocycles. The molecule has 0 fully saturated rings. The minimum atomic E-state index is 0.540. The number of para-hydroxylation sites is 3. The Morgan fingerprint density at radius 1 is 0.630 bits per heavy atom. The van der Waals surface area contributed by atoms with Crippen molar-refractivity contribution in [2.45, 2.75) is 0 Å². The Kier molecular flexibility index (Phi) is 7.61. The number of quaternary nitrogens is 1. The number of rotatable bonds is 11. The zero-order valence-electron chi connectivity index (χ0n) is 16.9. The van der Waals surface area contributed by atoms with E-state index in [-0.39, 0.29) is 0 Å². The summed E-state index contributed by atoms with van der Waals surface area (Å²) < 4.78 is 28.6. The molecule has 0 amide bonds. The maximum Gasteiger partial charge on any atom is 0.203 e. The van der Waals surface area contributed by atoms with Crippen LogP contribution in [0.5, 0.6) is 28.7 Å². The highest BCUT2D eigenvalue weighted by atomic mass is 16.5. The Balaban J connectivity index is 1.85. The lowest BCUT2D eigenvalue weighted by Gasteiger charge is -2.29. The van der Waals surface area contributed by atoms with Crippen molar-refractivity contribution in [2.75, 3.05) is 61.7 Å². The van der Waals surface area contributed by atoms with E-state index < -0.39 is 0 Å². The molecule has 6 nitrogen and oxygen atoms in total. The van der Waals surface area contributed by atoms with Crippen LogP contribution in [0.1, 0.15) is 0 Å². The van der Waals surface area contributed by atoms with E-state index in [1.54, 1.807) is 21.3 Å². The molecule has 2 aromatic carbocycles. The van der Waals surface area contributed by atoms with E-state index in [9.17, 15) is 0 Å². The molecule has 0 bridgehead atoms. The van der Waals surface area contributed by atoms with Gasteiger partial charge in [0.2, 0.25) is 5.75 Å². The number of hydrogen-bond acceptors (Lipinski definition) is 5. The maximum atomic E-state index is 5.96. The van der Waals surface area contributed by atoms with Gasteiger partial charge in [-0.25, -0.2) is 0 Å². The SMILES string of the molecule is COc1ccccc1OCC[N+](C)(C)CCOc1c(OC)cccc1OC. The zero-order valence-corrected chi connectivity index (χ0v) is 16.9. The Hall–Kier alpha value is -2.60. The van der Waals surface area contributed by atoms with Crippen LogP contribution in [0.4, 0.5) is 0 Å². The number of benzene rings is 2. The van der Waals surface area contributed by atoms with Gasteiger partial charge in [0.05, 0.1) is 35.4 Å². The second kappa shape index (κ2) is 9.92. The van der Waals surface area contributed by atoms with Crippen LogP contribution in [0, 0.1) is 0 Å². The molecule has 2 aromatic rings. The van der Waals surface area contributed by atoms with Gasteiger partial charge in [0.1, 0.15) is 26.3 Å². The summed E-state index contributed by atoms with van der Waals surface area (Å²) in [5, 5.41) is 0. The highest BCUT2D eigenvalue weighted by Crippen LogP contribution is 2.36. The molecule has 6 heteroatoms. The number of ether oxygens (including phenoxy) is 5. The molecular weight excluding hydrogens is 346 g/mol. The summed E-state index contributed by atoms with van der Waals surface area (Å²) in [4.78, 5) is 0. The number of methoxy groups -OCH3 is 3. The van der Waals surface area contributed by atoms with Crippen LogP contribution in [-0.4, -0.2) is 66.2 Å². The molecule has 0 aliphatic heterocycles. The second-order valence-electron chi connectivity index (χ2n) is 6.72. The van der Waals surface area contributed by atoms with Gasteiger partial charge in [-0.15, -0.1) is 0 Å². The van der Waals surface area contributed by atoms with Gasteiger partial charge in [-0.05, 0) is 24.3 Å². The van der Waals surface area contributed by atoms with E-state index >= 15 is 0 Å². The minimum Gasteiger partial charge on any atom is -0.493 e. The quantitative estimate of drug-likeness (QED) is 0.564. The number of likely N-dealkylation sites (N-methyl/N-ethyl adjacent to an activating group) is 1. The highest BCUT2D eigenvalue weighted by Gasteiger charge is 2.18. The van der Waals surface area contributed by atoms with Crippen LogP contribution in [0.3, 0.4) is 0 Å². The van der Waals surface area contributed by atoms with Crippen molar-refractivity contribution in [3.63, 3.8) is 0 Å². The van der Waals surface area contributed by atoms with Gasteiger partial charge in [0.25, 0.3) is 0 Å². The molecule has 0 saturated heterocycles.